The first-order valence-corrected chi connectivity index (χ1v) is 10.0. The van der Waals surface area contributed by atoms with Crippen LogP contribution in [0.2, 0.25) is 0 Å². The zero-order valence-corrected chi connectivity index (χ0v) is 15.6. The summed E-state index contributed by atoms with van der Waals surface area (Å²) in [4.78, 5) is 12.3. The third-order valence-electron chi connectivity index (χ3n) is 5.87. The second-order valence-electron chi connectivity index (χ2n) is 7.92. The van der Waals surface area contributed by atoms with Crippen molar-refractivity contribution < 1.29 is 0 Å². The molecule has 4 heteroatoms. The van der Waals surface area contributed by atoms with Crippen LogP contribution in [0.4, 0.5) is 0 Å². The van der Waals surface area contributed by atoms with Gasteiger partial charge >= 0.3 is 0 Å². The highest BCUT2D eigenvalue weighted by Gasteiger charge is 2.33. The summed E-state index contributed by atoms with van der Waals surface area (Å²) in [6.07, 6.45) is 13.4. The fourth-order valence-corrected chi connectivity index (χ4v) is 4.65. The molecule has 0 amide bonds. The Labute approximate surface area is 151 Å². The van der Waals surface area contributed by atoms with Crippen molar-refractivity contribution in [3.05, 3.63) is 42.1 Å². The van der Waals surface area contributed by atoms with Crippen molar-refractivity contribution in [1.82, 2.24) is 19.4 Å². The predicted octanol–water partition coefficient (Wildman–Crippen LogP) is 4.86. The zero-order valence-electron chi connectivity index (χ0n) is 15.6. The van der Waals surface area contributed by atoms with Gasteiger partial charge in [0.2, 0.25) is 0 Å². The Morgan fingerprint density at radius 2 is 1.88 bits per heavy atom. The Kier molecular flexibility index (Phi) is 4.89. The summed E-state index contributed by atoms with van der Waals surface area (Å²) in [5.41, 5.74) is 1.24. The SMILES string of the molecule is CC(C)c1nccn1-c1cccc(C2CCCN2C2CCCCC2)n1. The minimum Gasteiger partial charge on any atom is -0.292 e. The molecular weight excluding hydrogens is 308 g/mol. The van der Waals surface area contributed by atoms with Crippen molar-refractivity contribution in [2.45, 2.75) is 76.8 Å². The molecule has 134 valence electrons. The molecule has 1 saturated heterocycles. The van der Waals surface area contributed by atoms with Gasteiger partial charge in [-0.25, -0.2) is 9.97 Å². The number of pyridine rings is 1. The molecule has 4 rings (SSSR count). The second-order valence-corrected chi connectivity index (χ2v) is 7.92. The van der Waals surface area contributed by atoms with Crippen LogP contribution in [0.15, 0.2) is 30.6 Å². The van der Waals surface area contributed by atoms with Gasteiger partial charge in [0.1, 0.15) is 11.6 Å². The molecule has 2 aromatic heterocycles. The van der Waals surface area contributed by atoms with Crippen LogP contribution in [0.5, 0.6) is 0 Å². The third kappa shape index (κ3) is 3.37. The Hall–Kier alpha value is -1.68. The molecule has 2 aromatic rings. The predicted molar refractivity (Wildman–Crippen MR) is 101 cm³/mol. The van der Waals surface area contributed by atoms with E-state index in [9.17, 15) is 0 Å². The van der Waals surface area contributed by atoms with Crippen molar-refractivity contribution in [2.75, 3.05) is 6.54 Å². The lowest BCUT2D eigenvalue weighted by Gasteiger charge is -2.35. The maximum Gasteiger partial charge on any atom is 0.138 e. The van der Waals surface area contributed by atoms with Crippen molar-refractivity contribution in [2.24, 2.45) is 0 Å². The largest absolute Gasteiger partial charge is 0.292 e. The molecule has 3 heterocycles. The number of hydrogen-bond donors (Lipinski definition) is 0. The number of imidazole rings is 1. The minimum absolute atomic E-state index is 0.394. The summed E-state index contributed by atoms with van der Waals surface area (Å²) >= 11 is 0. The van der Waals surface area contributed by atoms with E-state index in [1.807, 2.05) is 12.4 Å². The van der Waals surface area contributed by atoms with Crippen LogP contribution in [0, 0.1) is 0 Å². The molecule has 0 radical (unpaired) electrons. The number of rotatable bonds is 4. The van der Waals surface area contributed by atoms with Gasteiger partial charge in [0.15, 0.2) is 0 Å². The van der Waals surface area contributed by atoms with Crippen molar-refractivity contribution in [3.8, 4) is 5.82 Å². The quantitative estimate of drug-likeness (QED) is 0.798. The van der Waals surface area contributed by atoms with Crippen molar-refractivity contribution >= 4 is 0 Å². The lowest BCUT2D eigenvalue weighted by atomic mass is 9.93. The first-order chi connectivity index (χ1) is 12.2. The number of aromatic nitrogens is 3. The Morgan fingerprint density at radius 3 is 2.68 bits per heavy atom. The molecule has 25 heavy (non-hydrogen) atoms. The lowest BCUT2D eigenvalue weighted by Crippen LogP contribution is -2.36. The van der Waals surface area contributed by atoms with E-state index in [4.69, 9.17) is 4.98 Å². The van der Waals surface area contributed by atoms with E-state index >= 15 is 0 Å². The molecule has 1 unspecified atom stereocenters. The minimum atomic E-state index is 0.394. The maximum atomic E-state index is 5.07. The molecule has 0 bridgehead atoms. The molecule has 0 aromatic carbocycles. The fourth-order valence-electron chi connectivity index (χ4n) is 4.65. The van der Waals surface area contributed by atoms with E-state index in [1.165, 1.54) is 57.2 Å². The smallest absolute Gasteiger partial charge is 0.138 e. The van der Waals surface area contributed by atoms with Crippen LogP contribution in [0.3, 0.4) is 0 Å². The van der Waals surface area contributed by atoms with Gasteiger partial charge in [0, 0.05) is 24.4 Å². The molecule has 1 aliphatic carbocycles. The topological polar surface area (TPSA) is 34.0 Å². The Morgan fingerprint density at radius 1 is 1.04 bits per heavy atom. The lowest BCUT2D eigenvalue weighted by molar-refractivity contribution is 0.140. The second kappa shape index (κ2) is 7.28. The molecule has 4 nitrogen and oxygen atoms in total. The molecule has 0 N–H and O–H groups in total. The van der Waals surface area contributed by atoms with Gasteiger partial charge in [-0.05, 0) is 44.4 Å². The molecule has 0 spiro atoms. The van der Waals surface area contributed by atoms with E-state index in [1.54, 1.807) is 0 Å². The normalized spacial score (nSPS) is 22.8. The van der Waals surface area contributed by atoms with Gasteiger partial charge in [-0.1, -0.05) is 39.2 Å². The van der Waals surface area contributed by atoms with Gasteiger partial charge in [0.05, 0.1) is 11.7 Å². The summed E-state index contributed by atoms with van der Waals surface area (Å²) < 4.78 is 2.15. The molecule has 1 saturated carbocycles. The highest BCUT2D eigenvalue weighted by molar-refractivity contribution is 5.29. The summed E-state index contributed by atoms with van der Waals surface area (Å²) in [6.45, 7) is 5.61. The van der Waals surface area contributed by atoms with Gasteiger partial charge in [-0.3, -0.25) is 9.47 Å². The number of likely N-dealkylation sites (tertiary alicyclic amines) is 1. The molecular formula is C21H30N4. The van der Waals surface area contributed by atoms with E-state index < -0.39 is 0 Å². The average molecular weight is 338 g/mol. The number of hydrogen-bond acceptors (Lipinski definition) is 3. The third-order valence-corrected chi connectivity index (χ3v) is 5.87. The monoisotopic (exact) mass is 338 g/mol. The summed E-state index contributed by atoms with van der Waals surface area (Å²) in [7, 11) is 0. The van der Waals surface area contributed by atoms with Gasteiger partial charge in [0.25, 0.3) is 0 Å². The first-order valence-electron chi connectivity index (χ1n) is 10.0. The zero-order chi connectivity index (χ0) is 17.2. The van der Waals surface area contributed by atoms with Gasteiger partial charge < -0.3 is 0 Å². The Bertz CT molecular complexity index is 699. The van der Waals surface area contributed by atoms with Crippen LogP contribution >= 0.6 is 0 Å². The van der Waals surface area contributed by atoms with Gasteiger partial charge in [-0.2, -0.15) is 0 Å². The summed E-state index contributed by atoms with van der Waals surface area (Å²) in [6, 6.07) is 7.76. The van der Waals surface area contributed by atoms with Gasteiger partial charge in [-0.15, -0.1) is 0 Å². The van der Waals surface area contributed by atoms with Crippen LogP contribution in [0.25, 0.3) is 5.82 Å². The van der Waals surface area contributed by atoms with E-state index in [0.717, 1.165) is 17.7 Å². The average Bonchev–Trinajstić information content (AvgIpc) is 3.32. The van der Waals surface area contributed by atoms with Crippen molar-refractivity contribution in [3.63, 3.8) is 0 Å². The molecule has 1 atom stereocenters. The Balaban J connectivity index is 1.61. The van der Waals surface area contributed by atoms with Crippen LogP contribution in [-0.2, 0) is 0 Å². The van der Waals surface area contributed by atoms with Crippen LogP contribution < -0.4 is 0 Å². The van der Waals surface area contributed by atoms with Crippen LogP contribution in [0.1, 0.15) is 82.3 Å². The molecule has 1 aliphatic heterocycles. The summed E-state index contributed by atoms with van der Waals surface area (Å²) in [5, 5.41) is 0. The standard InChI is InChI=1S/C21H30N4/c1-16(2)21-22-13-15-25(21)20-12-6-10-18(23-20)19-11-7-14-24(19)17-8-4-3-5-9-17/h6,10,12-13,15-17,19H,3-5,7-9,11,14H2,1-2H3. The summed E-state index contributed by atoms with van der Waals surface area (Å²) in [5.74, 6) is 2.49. The van der Waals surface area contributed by atoms with E-state index in [2.05, 4.69) is 46.5 Å². The molecule has 2 fully saturated rings. The highest BCUT2D eigenvalue weighted by Crippen LogP contribution is 2.37. The van der Waals surface area contributed by atoms with Crippen LogP contribution in [-0.4, -0.2) is 32.0 Å². The molecule has 2 aliphatic rings. The highest BCUT2D eigenvalue weighted by atomic mass is 15.2. The first kappa shape index (κ1) is 16.8. The van der Waals surface area contributed by atoms with E-state index in [0.29, 0.717) is 12.0 Å². The number of nitrogens with zero attached hydrogens (tertiary/aromatic N) is 4. The fraction of sp³-hybridized carbons (Fsp3) is 0.619. The van der Waals surface area contributed by atoms with E-state index in [-0.39, 0.29) is 0 Å². The van der Waals surface area contributed by atoms with Crippen molar-refractivity contribution in [1.29, 1.82) is 0 Å². The maximum absolute atomic E-state index is 5.07.